The topological polar surface area (TPSA) is 109 Å². The maximum atomic E-state index is 12.8. The fourth-order valence-corrected chi connectivity index (χ4v) is 4.38. The summed E-state index contributed by atoms with van der Waals surface area (Å²) in [6.07, 6.45) is 4.21. The first-order valence-corrected chi connectivity index (χ1v) is 11.3. The summed E-state index contributed by atoms with van der Waals surface area (Å²) < 4.78 is 25.9. The van der Waals surface area contributed by atoms with Crippen LogP contribution in [0.3, 0.4) is 0 Å². The summed E-state index contributed by atoms with van der Waals surface area (Å²) in [5.74, 6) is -0.611. The molecule has 0 saturated carbocycles. The first-order valence-electron chi connectivity index (χ1n) is 8.59. The van der Waals surface area contributed by atoms with E-state index in [0.29, 0.717) is 16.2 Å². The van der Waals surface area contributed by atoms with Crippen LogP contribution in [-0.4, -0.2) is 36.3 Å². The van der Waals surface area contributed by atoms with E-state index in [1.165, 1.54) is 29.4 Å². The van der Waals surface area contributed by atoms with Gasteiger partial charge >= 0.3 is 0 Å². The number of nitrogens with one attached hydrogen (secondary N) is 1. The first-order chi connectivity index (χ1) is 13.7. The number of nitrogens with zero attached hydrogens (tertiary/aromatic N) is 3. The molecule has 29 heavy (non-hydrogen) atoms. The van der Waals surface area contributed by atoms with E-state index >= 15 is 0 Å². The standard InChI is InChI=1S/C19H16N4O4S2/c1-11(24)23-14-4-3-7-20-18(14)19(25)15(23)9-17-22-13-8-12(5-6-16(13)28-17)10-21-29(2,26)27/h3-9,21H,10H2,1-2H3/b15-9+. The van der Waals surface area contributed by atoms with Crippen LogP contribution >= 0.6 is 11.3 Å². The Kier molecular flexibility index (Phi) is 4.77. The largest absolute Gasteiger partial charge is 0.285 e. The van der Waals surface area contributed by atoms with Gasteiger partial charge in [0.1, 0.15) is 16.4 Å². The molecule has 0 saturated heterocycles. The summed E-state index contributed by atoms with van der Waals surface area (Å²) in [4.78, 5) is 34.9. The first kappa shape index (κ1) is 19.4. The van der Waals surface area contributed by atoms with Crippen LogP contribution in [0.25, 0.3) is 16.3 Å². The molecule has 1 N–H and O–H groups in total. The fraction of sp³-hybridized carbons (Fsp3) is 0.158. The zero-order valence-corrected chi connectivity index (χ0v) is 17.2. The van der Waals surface area contributed by atoms with Crippen LogP contribution in [0.5, 0.6) is 0 Å². The summed E-state index contributed by atoms with van der Waals surface area (Å²) in [7, 11) is -3.29. The Morgan fingerprint density at radius 2 is 2.10 bits per heavy atom. The lowest BCUT2D eigenvalue weighted by atomic mass is 10.2. The predicted molar refractivity (Wildman–Crippen MR) is 111 cm³/mol. The van der Waals surface area contributed by atoms with E-state index in [4.69, 9.17) is 0 Å². The lowest BCUT2D eigenvalue weighted by Crippen LogP contribution is -2.25. The van der Waals surface area contributed by atoms with Crippen LogP contribution in [0, 0.1) is 0 Å². The summed E-state index contributed by atoms with van der Waals surface area (Å²) in [6.45, 7) is 1.56. The number of ketones is 1. The number of Topliss-reactive ketones (excluding diaryl/α,β-unsaturated/α-hetero) is 1. The van der Waals surface area contributed by atoms with Gasteiger partial charge in [0, 0.05) is 25.7 Å². The Labute approximate surface area is 171 Å². The van der Waals surface area contributed by atoms with Gasteiger partial charge in [0.05, 0.1) is 22.2 Å². The highest BCUT2D eigenvalue weighted by molar-refractivity contribution is 7.88. The molecule has 4 rings (SSSR count). The van der Waals surface area contributed by atoms with Crippen LogP contribution in [0.15, 0.2) is 42.2 Å². The van der Waals surface area contributed by atoms with E-state index in [1.807, 2.05) is 12.1 Å². The van der Waals surface area contributed by atoms with Crippen molar-refractivity contribution in [2.45, 2.75) is 13.5 Å². The van der Waals surface area contributed by atoms with E-state index in [9.17, 15) is 18.0 Å². The molecule has 3 aromatic rings. The van der Waals surface area contributed by atoms with E-state index in [-0.39, 0.29) is 29.6 Å². The van der Waals surface area contributed by atoms with Crippen molar-refractivity contribution >= 4 is 55.0 Å². The number of carbonyl (C=O) groups is 2. The van der Waals surface area contributed by atoms with E-state index < -0.39 is 10.0 Å². The van der Waals surface area contributed by atoms with Crippen LogP contribution in [-0.2, 0) is 21.4 Å². The van der Waals surface area contributed by atoms with Gasteiger partial charge in [-0.25, -0.2) is 18.1 Å². The van der Waals surface area contributed by atoms with Gasteiger partial charge < -0.3 is 0 Å². The molecule has 0 unspecified atom stereocenters. The molecule has 8 nitrogen and oxygen atoms in total. The number of carbonyl (C=O) groups excluding carboxylic acids is 2. The number of benzene rings is 1. The second-order valence-corrected chi connectivity index (χ2v) is 9.43. The molecule has 148 valence electrons. The minimum absolute atomic E-state index is 0.167. The number of anilines is 1. The number of sulfonamides is 1. The van der Waals surface area contributed by atoms with Gasteiger partial charge in [-0.1, -0.05) is 6.07 Å². The van der Waals surface area contributed by atoms with Crippen molar-refractivity contribution in [1.29, 1.82) is 0 Å². The van der Waals surface area contributed by atoms with E-state index in [1.54, 1.807) is 24.3 Å². The van der Waals surface area contributed by atoms with Crippen molar-refractivity contribution in [2.75, 3.05) is 11.2 Å². The van der Waals surface area contributed by atoms with Crippen molar-refractivity contribution < 1.29 is 18.0 Å². The second kappa shape index (κ2) is 7.14. The van der Waals surface area contributed by atoms with Gasteiger partial charge in [0.2, 0.25) is 21.7 Å². The van der Waals surface area contributed by atoms with Gasteiger partial charge in [0.15, 0.2) is 0 Å². The Balaban J connectivity index is 1.70. The number of pyridine rings is 1. The third-order valence-corrected chi connectivity index (χ3v) is 5.95. The minimum Gasteiger partial charge on any atom is -0.285 e. The minimum atomic E-state index is -3.29. The molecular formula is C19H16N4O4S2. The number of hydrogen-bond acceptors (Lipinski definition) is 7. The van der Waals surface area contributed by atoms with Crippen molar-refractivity contribution in [3.63, 3.8) is 0 Å². The molecule has 3 heterocycles. The number of hydrogen-bond donors (Lipinski definition) is 1. The molecule has 0 bridgehead atoms. The summed E-state index contributed by atoms with van der Waals surface area (Å²) in [5, 5.41) is 0.565. The SMILES string of the molecule is CC(=O)N1/C(=C/c2nc3cc(CNS(C)(=O)=O)ccc3s2)C(=O)c2ncccc21. The number of fused-ring (bicyclic) bond motifs is 2. The lowest BCUT2D eigenvalue weighted by molar-refractivity contribution is -0.116. The normalized spacial score (nSPS) is 15.3. The van der Waals surface area contributed by atoms with Crippen molar-refractivity contribution in [3.05, 3.63) is 58.5 Å². The Morgan fingerprint density at radius 3 is 2.83 bits per heavy atom. The summed E-state index contributed by atoms with van der Waals surface area (Å²) >= 11 is 1.37. The number of allylic oxidation sites excluding steroid dienone is 1. The Morgan fingerprint density at radius 1 is 1.31 bits per heavy atom. The molecule has 1 aliphatic heterocycles. The number of thiazole rings is 1. The molecule has 10 heteroatoms. The molecule has 0 spiro atoms. The predicted octanol–water partition coefficient (Wildman–Crippen LogP) is 2.33. The summed E-state index contributed by atoms with van der Waals surface area (Å²) in [6, 6.07) is 8.82. The maximum Gasteiger partial charge on any atom is 0.230 e. The van der Waals surface area contributed by atoms with Crippen LogP contribution in [0.1, 0.15) is 28.0 Å². The van der Waals surface area contributed by atoms with Gasteiger partial charge in [-0.3, -0.25) is 19.5 Å². The molecule has 1 aromatic carbocycles. The van der Waals surface area contributed by atoms with Crippen LogP contribution in [0.2, 0.25) is 0 Å². The average molecular weight is 428 g/mol. The molecule has 2 aromatic heterocycles. The quantitative estimate of drug-likeness (QED) is 0.639. The lowest BCUT2D eigenvalue weighted by Gasteiger charge is -2.14. The van der Waals surface area contributed by atoms with Crippen molar-refractivity contribution in [2.24, 2.45) is 0 Å². The zero-order valence-electron chi connectivity index (χ0n) is 15.5. The smallest absolute Gasteiger partial charge is 0.230 e. The Hall–Kier alpha value is -2.95. The van der Waals surface area contributed by atoms with Crippen molar-refractivity contribution in [3.8, 4) is 0 Å². The van der Waals surface area contributed by atoms with Gasteiger partial charge in [-0.15, -0.1) is 11.3 Å². The average Bonchev–Trinajstić information content (AvgIpc) is 3.18. The second-order valence-electron chi connectivity index (χ2n) is 6.53. The number of amides is 1. The molecular weight excluding hydrogens is 412 g/mol. The fourth-order valence-electron chi connectivity index (χ4n) is 3.07. The molecule has 1 aliphatic rings. The monoisotopic (exact) mass is 428 g/mol. The highest BCUT2D eigenvalue weighted by Crippen LogP contribution is 2.35. The van der Waals surface area contributed by atoms with Crippen molar-refractivity contribution in [1.82, 2.24) is 14.7 Å². The summed E-state index contributed by atoms with van der Waals surface area (Å²) in [5.41, 5.74) is 2.37. The third-order valence-electron chi connectivity index (χ3n) is 4.30. The Bertz CT molecular complexity index is 1290. The van der Waals surface area contributed by atoms with Gasteiger partial charge in [-0.05, 0) is 29.8 Å². The van der Waals surface area contributed by atoms with E-state index in [2.05, 4.69) is 14.7 Å². The van der Waals surface area contributed by atoms with Gasteiger partial charge in [-0.2, -0.15) is 0 Å². The molecule has 1 amide bonds. The highest BCUT2D eigenvalue weighted by Gasteiger charge is 2.36. The van der Waals surface area contributed by atoms with Gasteiger partial charge in [0.25, 0.3) is 0 Å². The molecule has 0 radical (unpaired) electrons. The number of aromatic nitrogens is 2. The molecule has 0 fully saturated rings. The zero-order chi connectivity index (χ0) is 20.8. The highest BCUT2D eigenvalue weighted by atomic mass is 32.2. The third kappa shape index (κ3) is 3.82. The van der Waals surface area contributed by atoms with Crippen LogP contribution < -0.4 is 9.62 Å². The maximum absolute atomic E-state index is 12.8. The molecule has 0 atom stereocenters. The van der Waals surface area contributed by atoms with E-state index in [0.717, 1.165) is 16.5 Å². The number of rotatable bonds is 4. The molecule has 0 aliphatic carbocycles. The van der Waals surface area contributed by atoms with Crippen LogP contribution in [0.4, 0.5) is 5.69 Å².